The third kappa shape index (κ3) is 9.65. The number of aldehydes is 2. The van der Waals surface area contributed by atoms with Gasteiger partial charge < -0.3 is 29.7 Å². The lowest BCUT2D eigenvalue weighted by Gasteiger charge is -2.35. The predicted molar refractivity (Wildman–Crippen MR) is 134 cm³/mol. The quantitative estimate of drug-likeness (QED) is 0.394. The Kier molecular flexibility index (Phi) is 10.8. The third-order valence-electron chi connectivity index (χ3n) is 6.97. The van der Waals surface area contributed by atoms with Crippen LogP contribution in [-0.2, 0) is 19.1 Å². The Morgan fingerprint density at radius 3 is 1.97 bits per heavy atom. The molecule has 0 aromatic heterocycles. The lowest BCUT2D eigenvalue weighted by molar-refractivity contribution is -0.112. The van der Waals surface area contributed by atoms with Gasteiger partial charge in [0.25, 0.3) is 0 Å². The predicted octanol–water partition coefficient (Wildman–Crippen LogP) is 5.09. The van der Waals surface area contributed by atoms with Gasteiger partial charge in [-0.25, -0.2) is 9.59 Å². The van der Waals surface area contributed by atoms with Crippen molar-refractivity contribution in [2.75, 3.05) is 0 Å². The van der Waals surface area contributed by atoms with Crippen molar-refractivity contribution >= 4 is 24.8 Å². The topological polar surface area (TPSA) is 111 Å². The highest BCUT2D eigenvalue weighted by atomic mass is 16.6. The Balaban J connectivity index is 2.06. The normalized spacial score (nSPS) is 28.3. The minimum absolute atomic E-state index is 0.108. The zero-order valence-corrected chi connectivity index (χ0v) is 22.0. The van der Waals surface area contributed by atoms with Gasteiger partial charge in [-0.3, -0.25) is 0 Å². The van der Waals surface area contributed by atoms with Crippen LogP contribution in [0.5, 0.6) is 0 Å². The van der Waals surface area contributed by atoms with Crippen LogP contribution in [0.3, 0.4) is 0 Å². The van der Waals surface area contributed by atoms with Gasteiger partial charge in [0.2, 0.25) is 0 Å². The molecule has 0 radical (unpaired) electrons. The van der Waals surface area contributed by atoms with E-state index >= 15 is 0 Å². The van der Waals surface area contributed by atoms with E-state index in [4.69, 9.17) is 9.47 Å². The first-order chi connectivity index (χ1) is 16.4. The summed E-state index contributed by atoms with van der Waals surface area (Å²) in [6.45, 7) is 9.09. The zero-order valence-electron chi connectivity index (χ0n) is 22.0. The first-order valence-electron chi connectivity index (χ1n) is 13.0. The van der Waals surface area contributed by atoms with Crippen molar-refractivity contribution in [1.82, 2.24) is 10.6 Å². The molecule has 0 aromatic carbocycles. The number of rotatable bonds is 6. The monoisotopic (exact) mass is 492 g/mol. The summed E-state index contributed by atoms with van der Waals surface area (Å²) >= 11 is 0. The van der Waals surface area contributed by atoms with Gasteiger partial charge in [-0.2, -0.15) is 0 Å². The van der Waals surface area contributed by atoms with E-state index in [1.807, 2.05) is 26.0 Å². The van der Waals surface area contributed by atoms with E-state index < -0.39 is 29.4 Å². The van der Waals surface area contributed by atoms with E-state index in [1.165, 1.54) is 0 Å². The number of carbonyl (C=O) groups is 4. The Labute approximate surface area is 209 Å². The standard InChI is InChI=1S/C27H44N2O6/c1-26(2,3)34-24(32)29-23-16-15-21(13-10-12-20(23)18-31)27(4,5)35-25(33)28-22-14-9-7-6-8-11-19(22)17-30/h15-23H,6-14H2,1-5H3,(H,28,33)(H,29,32). The molecule has 198 valence electrons. The second-order valence-corrected chi connectivity index (χ2v) is 11.4. The van der Waals surface area contributed by atoms with Crippen molar-refractivity contribution < 1.29 is 28.7 Å². The molecule has 8 nitrogen and oxygen atoms in total. The fourth-order valence-electron chi connectivity index (χ4n) is 4.93. The van der Waals surface area contributed by atoms with Crippen LogP contribution in [0.25, 0.3) is 0 Å². The number of carbonyl (C=O) groups excluding carboxylic acids is 4. The number of amides is 2. The smallest absolute Gasteiger partial charge is 0.408 e. The van der Waals surface area contributed by atoms with Gasteiger partial charge in [-0.15, -0.1) is 0 Å². The van der Waals surface area contributed by atoms with Crippen LogP contribution in [0.4, 0.5) is 9.59 Å². The maximum atomic E-state index is 12.8. The van der Waals surface area contributed by atoms with Crippen molar-refractivity contribution in [2.24, 2.45) is 17.8 Å². The summed E-state index contributed by atoms with van der Waals surface area (Å²) in [7, 11) is 0. The molecule has 5 unspecified atom stereocenters. The van der Waals surface area contributed by atoms with Crippen molar-refractivity contribution in [3.05, 3.63) is 12.2 Å². The molecule has 8 heteroatoms. The molecule has 2 amide bonds. The summed E-state index contributed by atoms with van der Waals surface area (Å²) in [5.74, 6) is -0.651. The number of ether oxygens (including phenoxy) is 2. The van der Waals surface area contributed by atoms with Gasteiger partial charge >= 0.3 is 12.2 Å². The van der Waals surface area contributed by atoms with Crippen LogP contribution in [-0.4, -0.2) is 48.0 Å². The second-order valence-electron chi connectivity index (χ2n) is 11.4. The number of alkyl carbamates (subject to hydrolysis) is 2. The van der Waals surface area contributed by atoms with Gasteiger partial charge in [0.15, 0.2) is 0 Å². The summed E-state index contributed by atoms with van der Waals surface area (Å²) in [5, 5.41) is 5.75. The lowest BCUT2D eigenvalue weighted by atomic mass is 9.81. The molecule has 0 bridgehead atoms. The molecule has 0 aromatic rings. The summed E-state index contributed by atoms with van der Waals surface area (Å²) in [5.41, 5.74) is -1.46. The molecular weight excluding hydrogens is 448 g/mol. The molecule has 5 atom stereocenters. The van der Waals surface area contributed by atoms with E-state index in [0.717, 1.165) is 63.9 Å². The molecular formula is C27H44N2O6. The van der Waals surface area contributed by atoms with Crippen LogP contribution >= 0.6 is 0 Å². The van der Waals surface area contributed by atoms with Gasteiger partial charge in [0.1, 0.15) is 23.8 Å². The van der Waals surface area contributed by atoms with Crippen LogP contribution in [0, 0.1) is 17.8 Å². The Morgan fingerprint density at radius 1 is 0.743 bits per heavy atom. The summed E-state index contributed by atoms with van der Waals surface area (Å²) in [6.07, 6.45) is 12.3. The molecule has 0 spiro atoms. The molecule has 2 N–H and O–H groups in total. The van der Waals surface area contributed by atoms with Crippen molar-refractivity contribution in [3.63, 3.8) is 0 Å². The van der Waals surface area contributed by atoms with E-state index in [0.29, 0.717) is 6.42 Å². The second kappa shape index (κ2) is 13.1. The number of hydrogen-bond donors (Lipinski definition) is 2. The molecule has 2 aliphatic carbocycles. The molecule has 2 rings (SSSR count). The van der Waals surface area contributed by atoms with Gasteiger partial charge in [0, 0.05) is 23.8 Å². The third-order valence-corrected chi connectivity index (χ3v) is 6.97. The average molecular weight is 493 g/mol. The van der Waals surface area contributed by atoms with Crippen molar-refractivity contribution in [2.45, 2.75) is 116 Å². The van der Waals surface area contributed by atoms with Crippen LogP contribution in [0.15, 0.2) is 12.2 Å². The molecule has 1 saturated carbocycles. The fraction of sp³-hybridized carbons (Fsp3) is 0.778. The molecule has 0 heterocycles. The summed E-state index contributed by atoms with van der Waals surface area (Å²) in [6, 6.07) is -0.710. The highest BCUT2D eigenvalue weighted by molar-refractivity contribution is 5.70. The van der Waals surface area contributed by atoms with E-state index in [1.54, 1.807) is 20.8 Å². The van der Waals surface area contributed by atoms with Gasteiger partial charge in [-0.05, 0) is 60.3 Å². The van der Waals surface area contributed by atoms with Gasteiger partial charge in [-0.1, -0.05) is 44.3 Å². The molecule has 2 aliphatic rings. The first-order valence-corrected chi connectivity index (χ1v) is 13.0. The SMILES string of the molecule is CC(C)(C)OC(=O)NC1C=CC(C(C)(C)OC(=O)NC2CCCCCCC2C=O)CCCC1C=O. The van der Waals surface area contributed by atoms with Crippen LogP contribution in [0.2, 0.25) is 0 Å². The van der Waals surface area contributed by atoms with Crippen molar-refractivity contribution in [3.8, 4) is 0 Å². The van der Waals surface area contributed by atoms with E-state index in [2.05, 4.69) is 10.6 Å². The van der Waals surface area contributed by atoms with E-state index in [-0.39, 0.29) is 23.8 Å². The number of nitrogens with one attached hydrogen (secondary N) is 2. The lowest BCUT2D eigenvalue weighted by Crippen LogP contribution is -2.47. The molecule has 0 saturated heterocycles. The van der Waals surface area contributed by atoms with Crippen LogP contribution in [0.1, 0.15) is 92.4 Å². The highest BCUT2D eigenvalue weighted by Gasteiger charge is 2.35. The maximum Gasteiger partial charge on any atom is 0.408 e. The zero-order chi connectivity index (χ0) is 26.1. The average Bonchev–Trinajstić information content (AvgIpc) is 2.71. The molecule has 0 aliphatic heterocycles. The Bertz CT molecular complexity index is 757. The molecule has 35 heavy (non-hydrogen) atoms. The minimum Gasteiger partial charge on any atom is -0.444 e. The maximum absolute atomic E-state index is 12.8. The van der Waals surface area contributed by atoms with E-state index in [9.17, 15) is 19.2 Å². The van der Waals surface area contributed by atoms with Crippen molar-refractivity contribution in [1.29, 1.82) is 0 Å². The first kappa shape index (κ1) is 28.9. The largest absolute Gasteiger partial charge is 0.444 e. The summed E-state index contributed by atoms with van der Waals surface area (Å²) in [4.78, 5) is 48.4. The molecule has 1 fully saturated rings. The van der Waals surface area contributed by atoms with Crippen LogP contribution < -0.4 is 10.6 Å². The van der Waals surface area contributed by atoms with Gasteiger partial charge in [0.05, 0.1) is 6.04 Å². The number of hydrogen-bond acceptors (Lipinski definition) is 6. The Hall–Kier alpha value is -2.38. The minimum atomic E-state index is -0.816. The highest BCUT2D eigenvalue weighted by Crippen LogP contribution is 2.31. The summed E-state index contributed by atoms with van der Waals surface area (Å²) < 4.78 is 11.2. The Morgan fingerprint density at radius 2 is 1.34 bits per heavy atom. The fourth-order valence-corrected chi connectivity index (χ4v) is 4.93.